The second kappa shape index (κ2) is 8.07. The number of imide groups is 1. The number of nitrogens with zero attached hydrogens (tertiary/aromatic N) is 1. The van der Waals surface area contributed by atoms with Crippen molar-refractivity contribution in [1.29, 1.82) is 0 Å². The first kappa shape index (κ1) is 20.3. The first-order chi connectivity index (χ1) is 14.8. The van der Waals surface area contributed by atoms with E-state index in [-0.39, 0.29) is 17.8 Å². The molecule has 2 N–H and O–H groups in total. The summed E-state index contributed by atoms with van der Waals surface area (Å²) in [6.07, 6.45) is 0.699. The Hall–Kier alpha value is -3.93. The van der Waals surface area contributed by atoms with Crippen molar-refractivity contribution in [3.63, 3.8) is 0 Å². The highest BCUT2D eigenvalue weighted by Gasteiger charge is 2.54. The summed E-state index contributed by atoms with van der Waals surface area (Å²) in [5.41, 5.74) is 3.24. The molecule has 1 aliphatic rings. The molecule has 31 heavy (non-hydrogen) atoms. The van der Waals surface area contributed by atoms with Gasteiger partial charge in [-0.2, -0.15) is 0 Å². The van der Waals surface area contributed by atoms with Crippen molar-refractivity contribution in [3.05, 3.63) is 90.0 Å². The zero-order chi connectivity index (χ0) is 22.0. The van der Waals surface area contributed by atoms with Crippen LogP contribution in [-0.4, -0.2) is 17.8 Å². The molecule has 0 bridgehead atoms. The Labute approximate surface area is 180 Å². The minimum absolute atomic E-state index is 0.176. The predicted molar refractivity (Wildman–Crippen MR) is 121 cm³/mol. The van der Waals surface area contributed by atoms with Gasteiger partial charge in [0.1, 0.15) is 5.41 Å². The fourth-order valence-electron chi connectivity index (χ4n) is 3.44. The van der Waals surface area contributed by atoms with Crippen molar-refractivity contribution in [2.75, 3.05) is 15.5 Å². The molecule has 156 valence electrons. The SMILES string of the molecule is CC1(C)C(=O)N(c2ccc(Cc3ccc(NC(=O)Nc4ccccc4)cc3)cc2)C1=O. The molecule has 1 fully saturated rings. The largest absolute Gasteiger partial charge is 0.323 e. The van der Waals surface area contributed by atoms with Gasteiger partial charge in [-0.05, 0) is 67.8 Å². The van der Waals surface area contributed by atoms with Gasteiger partial charge in [-0.3, -0.25) is 9.59 Å². The van der Waals surface area contributed by atoms with Crippen LogP contribution >= 0.6 is 0 Å². The maximum atomic E-state index is 12.2. The molecule has 1 saturated heterocycles. The monoisotopic (exact) mass is 413 g/mol. The van der Waals surface area contributed by atoms with Crippen LogP contribution in [0.3, 0.4) is 0 Å². The first-order valence-electron chi connectivity index (χ1n) is 10.0. The lowest BCUT2D eigenvalue weighted by Gasteiger charge is -2.41. The lowest BCUT2D eigenvalue weighted by molar-refractivity contribution is -0.149. The summed E-state index contributed by atoms with van der Waals surface area (Å²) < 4.78 is 0. The standard InChI is InChI=1S/C25H23N3O3/c1-25(2)22(29)28(23(25)30)21-14-10-18(11-15-21)16-17-8-12-20(13-9-17)27-24(31)26-19-6-4-3-5-7-19/h3-15H,16H2,1-2H3,(H2,26,27,31). The van der Waals surface area contributed by atoms with Crippen LogP contribution in [0.25, 0.3) is 0 Å². The van der Waals surface area contributed by atoms with E-state index in [1.165, 1.54) is 4.90 Å². The number of carbonyl (C=O) groups is 3. The average Bonchev–Trinajstić information content (AvgIpc) is 2.77. The molecule has 3 aromatic carbocycles. The predicted octanol–water partition coefficient (Wildman–Crippen LogP) is 4.82. The molecule has 6 nitrogen and oxygen atoms in total. The molecule has 0 atom stereocenters. The van der Waals surface area contributed by atoms with Crippen molar-refractivity contribution in [1.82, 2.24) is 0 Å². The van der Waals surface area contributed by atoms with E-state index in [1.807, 2.05) is 66.7 Å². The van der Waals surface area contributed by atoms with E-state index in [0.29, 0.717) is 17.8 Å². The van der Waals surface area contributed by atoms with Crippen LogP contribution in [0, 0.1) is 5.41 Å². The molecule has 4 rings (SSSR count). The molecule has 1 heterocycles. The van der Waals surface area contributed by atoms with Crippen LogP contribution in [0.15, 0.2) is 78.9 Å². The second-order valence-electron chi connectivity index (χ2n) is 8.06. The van der Waals surface area contributed by atoms with Gasteiger partial charge in [0.05, 0.1) is 5.69 Å². The van der Waals surface area contributed by atoms with Gasteiger partial charge in [-0.25, -0.2) is 9.69 Å². The summed E-state index contributed by atoms with van der Waals surface area (Å²) in [6, 6.07) is 24.0. The maximum absolute atomic E-state index is 12.2. The highest BCUT2D eigenvalue weighted by molar-refractivity contribution is 6.35. The number of amides is 4. The van der Waals surface area contributed by atoms with Gasteiger partial charge in [0.25, 0.3) is 0 Å². The van der Waals surface area contributed by atoms with Crippen molar-refractivity contribution >= 4 is 34.9 Å². The summed E-state index contributed by atoms with van der Waals surface area (Å²) in [5, 5.41) is 5.59. The van der Waals surface area contributed by atoms with Crippen molar-refractivity contribution in [2.45, 2.75) is 20.3 Å². The molecular formula is C25H23N3O3. The van der Waals surface area contributed by atoms with Gasteiger partial charge in [0, 0.05) is 11.4 Å². The van der Waals surface area contributed by atoms with E-state index in [9.17, 15) is 14.4 Å². The summed E-state index contributed by atoms with van der Waals surface area (Å²) in [6.45, 7) is 3.29. The Bertz CT molecular complexity index is 1100. The van der Waals surface area contributed by atoms with Crippen LogP contribution < -0.4 is 15.5 Å². The Morgan fingerprint density at radius 2 is 1.23 bits per heavy atom. The Balaban J connectivity index is 1.34. The van der Waals surface area contributed by atoms with Gasteiger partial charge in [-0.1, -0.05) is 42.5 Å². The number of para-hydroxylation sites is 1. The van der Waals surface area contributed by atoms with Gasteiger partial charge in [0.15, 0.2) is 0 Å². The van der Waals surface area contributed by atoms with E-state index in [0.717, 1.165) is 16.8 Å². The summed E-state index contributed by atoms with van der Waals surface area (Å²) in [4.78, 5) is 37.6. The zero-order valence-electron chi connectivity index (χ0n) is 17.4. The van der Waals surface area contributed by atoms with Crippen LogP contribution in [-0.2, 0) is 16.0 Å². The van der Waals surface area contributed by atoms with E-state index >= 15 is 0 Å². The number of benzene rings is 3. The summed E-state index contributed by atoms with van der Waals surface area (Å²) in [7, 11) is 0. The van der Waals surface area contributed by atoms with E-state index < -0.39 is 5.41 Å². The number of carbonyl (C=O) groups excluding carboxylic acids is 3. The van der Waals surface area contributed by atoms with Crippen molar-refractivity contribution < 1.29 is 14.4 Å². The smallest absolute Gasteiger partial charge is 0.308 e. The molecule has 0 radical (unpaired) electrons. The van der Waals surface area contributed by atoms with Crippen LogP contribution in [0.1, 0.15) is 25.0 Å². The Kier molecular flexibility index (Phi) is 5.29. The molecule has 3 aromatic rings. The molecule has 0 aliphatic carbocycles. The fourth-order valence-corrected chi connectivity index (χ4v) is 3.44. The number of β-lactam (4-membered cyclic amide) rings is 2. The highest BCUT2D eigenvalue weighted by Crippen LogP contribution is 2.36. The minimum atomic E-state index is -0.924. The van der Waals surface area contributed by atoms with E-state index in [4.69, 9.17) is 0 Å². The average molecular weight is 413 g/mol. The number of anilines is 3. The van der Waals surface area contributed by atoms with Gasteiger partial charge in [-0.15, -0.1) is 0 Å². The number of rotatable bonds is 5. The molecule has 0 aromatic heterocycles. The number of nitrogens with one attached hydrogen (secondary N) is 2. The third kappa shape index (κ3) is 4.19. The maximum Gasteiger partial charge on any atom is 0.323 e. The first-order valence-corrected chi connectivity index (χ1v) is 10.0. The normalized spacial score (nSPS) is 14.7. The van der Waals surface area contributed by atoms with Crippen LogP contribution in [0.5, 0.6) is 0 Å². The number of hydrogen-bond acceptors (Lipinski definition) is 3. The molecule has 0 unspecified atom stereocenters. The summed E-state index contributed by atoms with van der Waals surface area (Å²) >= 11 is 0. The molecule has 6 heteroatoms. The van der Waals surface area contributed by atoms with Gasteiger partial charge >= 0.3 is 6.03 Å². The zero-order valence-corrected chi connectivity index (χ0v) is 17.4. The highest BCUT2D eigenvalue weighted by atomic mass is 16.2. The number of urea groups is 1. The van der Waals surface area contributed by atoms with Crippen LogP contribution in [0.2, 0.25) is 0 Å². The van der Waals surface area contributed by atoms with Crippen molar-refractivity contribution in [2.24, 2.45) is 5.41 Å². The second-order valence-corrected chi connectivity index (χ2v) is 8.06. The quantitative estimate of drug-likeness (QED) is 0.465. The lowest BCUT2D eigenvalue weighted by atomic mass is 9.81. The third-order valence-electron chi connectivity index (χ3n) is 5.32. The lowest BCUT2D eigenvalue weighted by Crippen LogP contribution is -2.63. The molecule has 4 amide bonds. The fraction of sp³-hybridized carbons (Fsp3) is 0.160. The van der Waals surface area contributed by atoms with E-state index in [2.05, 4.69) is 10.6 Å². The third-order valence-corrected chi connectivity index (χ3v) is 5.32. The van der Waals surface area contributed by atoms with Crippen LogP contribution in [0.4, 0.5) is 21.9 Å². The minimum Gasteiger partial charge on any atom is -0.308 e. The molecule has 1 aliphatic heterocycles. The van der Waals surface area contributed by atoms with Crippen molar-refractivity contribution in [3.8, 4) is 0 Å². The Morgan fingerprint density at radius 3 is 1.77 bits per heavy atom. The van der Waals surface area contributed by atoms with Gasteiger partial charge in [0.2, 0.25) is 11.8 Å². The topological polar surface area (TPSA) is 78.5 Å². The number of hydrogen-bond donors (Lipinski definition) is 2. The Morgan fingerprint density at radius 1 is 0.742 bits per heavy atom. The molecular weight excluding hydrogens is 390 g/mol. The molecule has 0 spiro atoms. The van der Waals surface area contributed by atoms with E-state index in [1.54, 1.807) is 26.0 Å². The molecule has 0 saturated carbocycles. The summed E-state index contributed by atoms with van der Waals surface area (Å²) in [5.74, 6) is -0.353. The van der Waals surface area contributed by atoms with Gasteiger partial charge < -0.3 is 10.6 Å².